The number of ether oxygens (including phenoxy) is 1. The molecule has 0 saturated heterocycles. The predicted octanol–water partition coefficient (Wildman–Crippen LogP) is 4.18. The van der Waals surface area contributed by atoms with Crippen LogP contribution in [-0.4, -0.2) is 18.1 Å². The minimum atomic E-state index is -0.455. The van der Waals surface area contributed by atoms with Gasteiger partial charge in [-0.2, -0.15) is 0 Å². The van der Waals surface area contributed by atoms with Crippen LogP contribution in [0.15, 0.2) is 30.3 Å². The van der Waals surface area contributed by atoms with E-state index in [1.807, 2.05) is 37.3 Å². The lowest BCUT2D eigenvalue weighted by Gasteiger charge is -2.59. The van der Waals surface area contributed by atoms with Crippen LogP contribution in [0.2, 0.25) is 0 Å². The SMILES string of the molecule is CC(Oc1ccccc1)C(=O)NC(C)C12CC3CC(CC(C3)C1)C2. The second-order valence-electron chi connectivity index (χ2n) is 8.58. The zero-order chi connectivity index (χ0) is 16.7. The molecule has 3 nitrogen and oxygen atoms in total. The van der Waals surface area contributed by atoms with Gasteiger partial charge in [0.15, 0.2) is 6.10 Å². The van der Waals surface area contributed by atoms with Crippen molar-refractivity contribution in [1.82, 2.24) is 5.32 Å². The average Bonchev–Trinajstić information content (AvgIpc) is 2.54. The number of hydrogen-bond acceptors (Lipinski definition) is 2. The Hall–Kier alpha value is -1.51. The van der Waals surface area contributed by atoms with Crippen LogP contribution in [0.3, 0.4) is 0 Å². The molecule has 4 saturated carbocycles. The fourth-order valence-electron chi connectivity index (χ4n) is 5.95. The molecule has 4 fully saturated rings. The fraction of sp³-hybridized carbons (Fsp3) is 0.667. The van der Waals surface area contributed by atoms with Gasteiger partial charge in [-0.3, -0.25) is 4.79 Å². The Kier molecular flexibility index (Phi) is 4.06. The molecule has 2 atom stereocenters. The molecule has 1 amide bonds. The fourth-order valence-corrected chi connectivity index (χ4v) is 5.95. The van der Waals surface area contributed by atoms with Gasteiger partial charge in [0, 0.05) is 6.04 Å². The number of nitrogens with one attached hydrogen (secondary N) is 1. The summed E-state index contributed by atoms with van der Waals surface area (Å²) in [6, 6.07) is 9.85. The molecule has 24 heavy (non-hydrogen) atoms. The van der Waals surface area contributed by atoms with E-state index >= 15 is 0 Å². The summed E-state index contributed by atoms with van der Waals surface area (Å²) in [5.74, 6) is 3.50. The highest BCUT2D eigenvalue weighted by Gasteiger charge is 2.53. The van der Waals surface area contributed by atoms with Gasteiger partial charge in [0.1, 0.15) is 5.75 Å². The van der Waals surface area contributed by atoms with Crippen molar-refractivity contribution >= 4 is 5.91 Å². The molecule has 1 aromatic rings. The molecule has 1 aromatic carbocycles. The predicted molar refractivity (Wildman–Crippen MR) is 94.7 cm³/mol. The molecule has 0 aromatic heterocycles. The van der Waals surface area contributed by atoms with E-state index in [0.29, 0.717) is 5.41 Å². The van der Waals surface area contributed by atoms with E-state index < -0.39 is 6.10 Å². The number of hydrogen-bond donors (Lipinski definition) is 1. The Morgan fingerprint density at radius 3 is 2.12 bits per heavy atom. The van der Waals surface area contributed by atoms with E-state index in [1.54, 1.807) is 0 Å². The molecule has 4 aliphatic rings. The van der Waals surface area contributed by atoms with Crippen molar-refractivity contribution in [3.63, 3.8) is 0 Å². The van der Waals surface area contributed by atoms with E-state index in [4.69, 9.17) is 4.74 Å². The number of amides is 1. The van der Waals surface area contributed by atoms with Crippen molar-refractivity contribution in [3.8, 4) is 5.75 Å². The van der Waals surface area contributed by atoms with Crippen molar-refractivity contribution in [1.29, 1.82) is 0 Å². The Labute approximate surface area is 145 Å². The molecule has 0 heterocycles. The van der Waals surface area contributed by atoms with Crippen LogP contribution in [0.5, 0.6) is 5.75 Å². The Balaban J connectivity index is 1.38. The lowest BCUT2D eigenvalue weighted by molar-refractivity contribution is -0.131. The average molecular weight is 327 g/mol. The van der Waals surface area contributed by atoms with Crippen LogP contribution in [0.1, 0.15) is 52.4 Å². The Morgan fingerprint density at radius 1 is 1.04 bits per heavy atom. The first-order chi connectivity index (χ1) is 11.5. The van der Waals surface area contributed by atoms with E-state index in [9.17, 15) is 4.79 Å². The number of para-hydroxylation sites is 1. The Bertz CT molecular complexity index is 562. The molecular formula is C21H29NO2. The van der Waals surface area contributed by atoms with Crippen LogP contribution < -0.4 is 10.1 Å². The maximum Gasteiger partial charge on any atom is 0.261 e. The zero-order valence-corrected chi connectivity index (χ0v) is 14.8. The number of rotatable bonds is 5. The normalized spacial score (nSPS) is 36.2. The lowest BCUT2D eigenvalue weighted by atomic mass is 9.48. The van der Waals surface area contributed by atoms with Crippen LogP contribution in [0.25, 0.3) is 0 Å². The van der Waals surface area contributed by atoms with Gasteiger partial charge in [0.25, 0.3) is 5.91 Å². The third-order valence-electron chi connectivity index (χ3n) is 6.79. The molecule has 1 N–H and O–H groups in total. The van der Waals surface area contributed by atoms with E-state index in [1.165, 1.54) is 38.5 Å². The standard InChI is InChI=1S/C21H29NO2/c1-14(24-19-6-4-3-5-7-19)20(23)22-15(2)21-11-16-8-17(12-21)10-18(9-16)13-21/h3-7,14-18H,8-13H2,1-2H3,(H,22,23). The summed E-state index contributed by atoms with van der Waals surface area (Å²) in [5, 5.41) is 3.29. The van der Waals surface area contributed by atoms with Crippen molar-refractivity contribution < 1.29 is 9.53 Å². The van der Waals surface area contributed by atoms with Gasteiger partial charge in [-0.05, 0) is 87.7 Å². The molecule has 0 aliphatic heterocycles. The first-order valence-electron chi connectivity index (χ1n) is 9.56. The first kappa shape index (κ1) is 16.0. The lowest BCUT2D eigenvalue weighted by Crippen LogP contribution is -2.57. The third-order valence-corrected chi connectivity index (χ3v) is 6.79. The third kappa shape index (κ3) is 2.94. The van der Waals surface area contributed by atoms with Crippen LogP contribution in [0, 0.1) is 23.2 Å². The molecule has 0 spiro atoms. The summed E-state index contributed by atoms with van der Waals surface area (Å²) in [7, 11) is 0. The Morgan fingerprint density at radius 2 is 1.58 bits per heavy atom. The quantitative estimate of drug-likeness (QED) is 0.881. The maximum atomic E-state index is 12.6. The summed E-state index contributed by atoms with van der Waals surface area (Å²) < 4.78 is 5.78. The highest BCUT2D eigenvalue weighted by atomic mass is 16.5. The van der Waals surface area contributed by atoms with Crippen molar-refractivity contribution in [2.24, 2.45) is 23.2 Å². The summed E-state index contributed by atoms with van der Waals surface area (Å²) in [6.45, 7) is 4.06. The van der Waals surface area contributed by atoms with Gasteiger partial charge in [-0.25, -0.2) is 0 Å². The minimum Gasteiger partial charge on any atom is -0.481 e. The molecule has 4 bridgehead atoms. The van der Waals surface area contributed by atoms with Crippen LogP contribution in [-0.2, 0) is 4.79 Å². The monoisotopic (exact) mass is 327 g/mol. The second-order valence-corrected chi connectivity index (χ2v) is 8.58. The van der Waals surface area contributed by atoms with Crippen LogP contribution >= 0.6 is 0 Å². The molecular weight excluding hydrogens is 298 g/mol. The van der Waals surface area contributed by atoms with Crippen molar-refractivity contribution in [2.75, 3.05) is 0 Å². The molecule has 0 radical (unpaired) electrons. The summed E-state index contributed by atoms with van der Waals surface area (Å²) in [4.78, 5) is 12.6. The molecule has 3 heteroatoms. The molecule has 2 unspecified atom stereocenters. The summed E-state index contributed by atoms with van der Waals surface area (Å²) in [5.41, 5.74) is 0.344. The van der Waals surface area contributed by atoms with Crippen LogP contribution in [0.4, 0.5) is 0 Å². The van der Waals surface area contributed by atoms with Gasteiger partial charge >= 0.3 is 0 Å². The zero-order valence-electron chi connectivity index (χ0n) is 14.8. The smallest absolute Gasteiger partial charge is 0.261 e. The topological polar surface area (TPSA) is 38.3 Å². The largest absolute Gasteiger partial charge is 0.481 e. The summed E-state index contributed by atoms with van der Waals surface area (Å²) in [6.07, 6.45) is 7.80. The van der Waals surface area contributed by atoms with Gasteiger partial charge < -0.3 is 10.1 Å². The minimum absolute atomic E-state index is 0.0158. The highest BCUT2D eigenvalue weighted by Crippen LogP contribution is 2.61. The van der Waals surface area contributed by atoms with E-state index in [0.717, 1.165) is 23.5 Å². The maximum absolute atomic E-state index is 12.6. The second kappa shape index (κ2) is 6.09. The molecule has 5 rings (SSSR count). The number of carbonyl (C=O) groups is 1. The molecule has 4 aliphatic carbocycles. The first-order valence-corrected chi connectivity index (χ1v) is 9.56. The van der Waals surface area contributed by atoms with Crippen molar-refractivity contribution in [2.45, 2.75) is 64.5 Å². The number of benzene rings is 1. The van der Waals surface area contributed by atoms with Crippen molar-refractivity contribution in [3.05, 3.63) is 30.3 Å². The van der Waals surface area contributed by atoms with E-state index in [-0.39, 0.29) is 11.9 Å². The van der Waals surface area contributed by atoms with E-state index in [2.05, 4.69) is 12.2 Å². The molecule has 130 valence electrons. The van der Waals surface area contributed by atoms with Gasteiger partial charge in [-0.15, -0.1) is 0 Å². The van der Waals surface area contributed by atoms with Gasteiger partial charge in [0.05, 0.1) is 0 Å². The van der Waals surface area contributed by atoms with Gasteiger partial charge in [0.2, 0.25) is 0 Å². The number of carbonyl (C=O) groups excluding carboxylic acids is 1. The summed E-state index contributed by atoms with van der Waals surface area (Å²) >= 11 is 0. The highest BCUT2D eigenvalue weighted by molar-refractivity contribution is 5.81. The van der Waals surface area contributed by atoms with Gasteiger partial charge in [-0.1, -0.05) is 18.2 Å².